The van der Waals surface area contributed by atoms with Crippen molar-refractivity contribution in [3.8, 4) is 0 Å². The Morgan fingerprint density at radius 3 is 2.86 bits per heavy atom. The number of carbonyl (C=O) groups is 2. The van der Waals surface area contributed by atoms with E-state index < -0.39 is 5.91 Å². The maximum atomic E-state index is 11.9. The number of rotatable bonds is 4. The van der Waals surface area contributed by atoms with Gasteiger partial charge >= 0.3 is 0 Å². The molecule has 1 aliphatic rings. The zero-order valence-corrected chi connectivity index (χ0v) is 12.8. The molecule has 0 radical (unpaired) electrons. The van der Waals surface area contributed by atoms with Crippen LogP contribution in [-0.4, -0.2) is 29.4 Å². The summed E-state index contributed by atoms with van der Waals surface area (Å²) in [6, 6.07) is 3.28. The van der Waals surface area contributed by atoms with E-state index in [1.807, 2.05) is 0 Å². The largest absolute Gasteiger partial charge is 0.352 e. The van der Waals surface area contributed by atoms with E-state index in [1.54, 1.807) is 6.07 Å². The molecule has 0 bridgehead atoms. The Labute approximate surface area is 129 Å². The summed E-state index contributed by atoms with van der Waals surface area (Å²) in [5.41, 5.74) is 0.210. The Balaban J connectivity index is 1.79. The average molecular weight is 310 g/mol. The monoisotopic (exact) mass is 309 g/mol. The zero-order valence-electron chi connectivity index (χ0n) is 12.1. The summed E-state index contributed by atoms with van der Waals surface area (Å²) in [7, 11) is 0. The molecule has 6 heteroatoms. The van der Waals surface area contributed by atoms with Gasteiger partial charge in [-0.3, -0.25) is 14.6 Å². The Kier molecular flexibility index (Phi) is 5.56. The number of carbonyl (C=O) groups excluding carboxylic acids is 2. The van der Waals surface area contributed by atoms with Crippen LogP contribution in [0.1, 0.15) is 43.1 Å². The van der Waals surface area contributed by atoms with Crippen LogP contribution in [0.25, 0.3) is 0 Å². The lowest BCUT2D eigenvalue weighted by Gasteiger charge is -2.29. The molecule has 0 aliphatic heterocycles. The van der Waals surface area contributed by atoms with Gasteiger partial charge in [0.25, 0.3) is 5.91 Å². The van der Waals surface area contributed by atoms with Gasteiger partial charge in [0, 0.05) is 17.3 Å². The molecule has 5 nitrogen and oxygen atoms in total. The summed E-state index contributed by atoms with van der Waals surface area (Å²) in [6.45, 7) is 2.11. The van der Waals surface area contributed by atoms with Crippen molar-refractivity contribution in [1.82, 2.24) is 15.6 Å². The third-order valence-electron chi connectivity index (χ3n) is 3.82. The van der Waals surface area contributed by atoms with Crippen LogP contribution in [0.5, 0.6) is 0 Å². The van der Waals surface area contributed by atoms with Gasteiger partial charge in [-0.1, -0.05) is 31.4 Å². The van der Waals surface area contributed by atoms with Crippen LogP contribution in [0.15, 0.2) is 18.3 Å². The van der Waals surface area contributed by atoms with E-state index in [2.05, 4.69) is 22.5 Å². The molecule has 0 saturated heterocycles. The number of nitrogens with zero attached hydrogens (tertiary/aromatic N) is 1. The number of hydrogen-bond donors (Lipinski definition) is 2. The van der Waals surface area contributed by atoms with E-state index in [0.29, 0.717) is 10.9 Å². The van der Waals surface area contributed by atoms with Gasteiger partial charge in [0.2, 0.25) is 5.91 Å². The van der Waals surface area contributed by atoms with Gasteiger partial charge in [-0.15, -0.1) is 0 Å². The predicted octanol–water partition coefficient (Wildman–Crippen LogP) is 2.16. The highest BCUT2D eigenvalue weighted by Crippen LogP contribution is 2.23. The van der Waals surface area contributed by atoms with Crippen LogP contribution >= 0.6 is 11.6 Å². The maximum Gasteiger partial charge on any atom is 0.270 e. The summed E-state index contributed by atoms with van der Waals surface area (Å²) < 4.78 is 0. The number of pyridine rings is 1. The number of hydrogen-bond acceptors (Lipinski definition) is 3. The molecule has 0 aromatic carbocycles. The molecule has 2 atom stereocenters. The van der Waals surface area contributed by atoms with Gasteiger partial charge in [0.15, 0.2) is 0 Å². The van der Waals surface area contributed by atoms with Crippen LogP contribution in [0.3, 0.4) is 0 Å². The normalized spacial score (nSPS) is 21.6. The van der Waals surface area contributed by atoms with Crippen molar-refractivity contribution < 1.29 is 9.59 Å². The summed E-state index contributed by atoms with van der Waals surface area (Å²) in [5.74, 6) is -0.0681. The second-order valence-electron chi connectivity index (χ2n) is 5.48. The molecule has 0 unspecified atom stereocenters. The maximum absolute atomic E-state index is 11.9. The molecule has 1 heterocycles. The minimum absolute atomic E-state index is 0.0454. The third-order valence-corrected chi connectivity index (χ3v) is 4.06. The Hall–Kier alpha value is -1.62. The van der Waals surface area contributed by atoms with Gasteiger partial charge in [-0.05, 0) is 30.9 Å². The first-order valence-electron chi connectivity index (χ1n) is 7.25. The molecular weight excluding hydrogens is 290 g/mol. The van der Waals surface area contributed by atoms with E-state index in [4.69, 9.17) is 11.6 Å². The first-order valence-corrected chi connectivity index (χ1v) is 7.63. The fourth-order valence-corrected chi connectivity index (χ4v) is 2.73. The summed E-state index contributed by atoms with van der Waals surface area (Å²) >= 11 is 5.80. The van der Waals surface area contributed by atoms with Crippen LogP contribution in [0.4, 0.5) is 0 Å². The lowest BCUT2D eigenvalue weighted by Crippen LogP contribution is -2.45. The topological polar surface area (TPSA) is 71.1 Å². The first kappa shape index (κ1) is 15.8. The van der Waals surface area contributed by atoms with Crippen LogP contribution in [-0.2, 0) is 4.79 Å². The Bertz CT molecular complexity index is 521. The van der Waals surface area contributed by atoms with E-state index >= 15 is 0 Å². The quantitative estimate of drug-likeness (QED) is 0.895. The summed E-state index contributed by atoms with van der Waals surface area (Å²) in [6.07, 6.45) is 5.99. The predicted molar refractivity (Wildman–Crippen MR) is 81.1 cm³/mol. The highest BCUT2D eigenvalue weighted by atomic mass is 35.5. The zero-order chi connectivity index (χ0) is 15.2. The van der Waals surface area contributed by atoms with Crippen LogP contribution in [0, 0.1) is 5.92 Å². The lowest BCUT2D eigenvalue weighted by atomic mass is 9.86. The van der Waals surface area contributed by atoms with E-state index in [0.717, 1.165) is 19.3 Å². The van der Waals surface area contributed by atoms with E-state index in [9.17, 15) is 9.59 Å². The van der Waals surface area contributed by atoms with Crippen molar-refractivity contribution in [2.75, 3.05) is 6.54 Å². The van der Waals surface area contributed by atoms with Crippen molar-refractivity contribution in [2.24, 2.45) is 5.92 Å². The molecule has 1 aromatic rings. The fourth-order valence-electron chi connectivity index (χ4n) is 2.57. The number of aromatic nitrogens is 1. The van der Waals surface area contributed by atoms with Crippen molar-refractivity contribution in [3.63, 3.8) is 0 Å². The molecule has 2 amide bonds. The molecule has 1 aromatic heterocycles. The molecule has 2 rings (SSSR count). The van der Waals surface area contributed by atoms with Gasteiger partial charge in [-0.2, -0.15) is 0 Å². The second kappa shape index (κ2) is 7.41. The molecule has 1 aliphatic carbocycles. The van der Waals surface area contributed by atoms with Crippen molar-refractivity contribution in [3.05, 3.63) is 29.0 Å². The van der Waals surface area contributed by atoms with Crippen LogP contribution in [0.2, 0.25) is 5.02 Å². The van der Waals surface area contributed by atoms with Gasteiger partial charge in [0.05, 0.1) is 6.54 Å². The van der Waals surface area contributed by atoms with Gasteiger partial charge in [0.1, 0.15) is 5.69 Å². The Morgan fingerprint density at radius 1 is 1.38 bits per heavy atom. The van der Waals surface area contributed by atoms with Crippen molar-refractivity contribution >= 4 is 23.4 Å². The third kappa shape index (κ3) is 4.70. The number of halogens is 1. The fraction of sp³-hybridized carbons (Fsp3) is 0.533. The van der Waals surface area contributed by atoms with Gasteiger partial charge < -0.3 is 10.6 Å². The van der Waals surface area contributed by atoms with Crippen molar-refractivity contribution in [2.45, 2.75) is 38.6 Å². The smallest absolute Gasteiger partial charge is 0.270 e. The molecule has 1 fully saturated rings. The molecule has 21 heavy (non-hydrogen) atoms. The Morgan fingerprint density at radius 2 is 2.14 bits per heavy atom. The van der Waals surface area contributed by atoms with Gasteiger partial charge in [-0.25, -0.2) is 0 Å². The SMILES string of the molecule is C[C@H]1CCCC[C@H]1NC(=O)CNC(=O)c1cc(Cl)ccn1. The minimum Gasteiger partial charge on any atom is -0.352 e. The molecular formula is C15H20ClN3O2. The number of nitrogens with one attached hydrogen (secondary N) is 2. The van der Waals surface area contributed by atoms with E-state index in [-0.39, 0.29) is 24.2 Å². The van der Waals surface area contributed by atoms with E-state index in [1.165, 1.54) is 18.7 Å². The summed E-state index contributed by atoms with van der Waals surface area (Å²) in [4.78, 5) is 27.6. The highest BCUT2D eigenvalue weighted by Gasteiger charge is 2.22. The summed E-state index contributed by atoms with van der Waals surface area (Å²) in [5, 5.41) is 5.99. The molecule has 114 valence electrons. The first-order chi connectivity index (χ1) is 10.1. The molecule has 1 saturated carbocycles. The van der Waals surface area contributed by atoms with Crippen LogP contribution < -0.4 is 10.6 Å². The average Bonchev–Trinajstić information content (AvgIpc) is 2.47. The number of amides is 2. The highest BCUT2D eigenvalue weighted by molar-refractivity contribution is 6.30. The molecule has 2 N–H and O–H groups in total. The van der Waals surface area contributed by atoms with Crippen molar-refractivity contribution in [1.29, 1.82) is 0 Å². The second-order valence-corrected chi connectivity index (χ2v) is 5.91. The lowest BCUT2D eigenvalue weighted by molar-refractivity contribution is -0.121. The minimum atomic E-state index is -0.399. The standard InChI is InChI=1S/C15H20ClN3O2/c1-10-4-2-3-5-12(10)19-14(20)9-18-15(21)13-8-11(16)6-7-17-13/h6-8,10,12H,2-5,9H2,1H3,(H,18,21)(H,19,20)/t10-,12+/m0/s1. The molecule has 0 spiro atoms.